The van der Waals surface area contributed by atoms with E-state index >= 15 is 0 Å². The van der Waals surface area contributed by atoms with Crippen molar-refractivity contribution in [3.05, 3.63) is 58.1 Å². The third kappa shape index (κ3) is 5.00. The molecule has 0 bridgehead atoms. The minimum atomic E-state index is -3.87. The highest BCUT2D eigenvalue weighted by Gasteiger charge is 2.40. The fourth-order valence-electron chi connectivity index (χ4n) is 4.53. The Labute approximate surface area is 242 Å². The molecule has 1 unspecified atom stereocenters. The molecule has 0 aliphatic carbocycles. The van der Waals surface area contributed by atoms with Gasteiger partial charge in [0.15, 0.2) is 5.82 Å². The van der Waals surface area contributed by atoms with Gasteiger partial charge in [0.1, 0.15) is 9.73 Å². The summed E-state index contributed by atoms with van der Waals surface area (Å²) in [6.07, 6.45) is 1.97. The van der Waals surface area contributed by atoms with E-state index in [-0.39, 0.29) is 61.0 Å². The van der Waals surface area contributed by atoms with Crippen molar-refractivity contribution in [3.63, 3.8) is 0 Å². The Hall–Kier alpha value is -2.73. The van der Waals surface area contributed by atoms with Crippen LogP contribution in [0.3, 0.4) is 0 Å². The van der Waals surface area contributed by atoms with Crippen molar-refractivity contribution >= 4 is 60.0 Å². The molecule has 4 aromatic heterocycles. The van der Waals surface area contributed by atoms with E-state index in [0.717, 1.165) is 15.9 Å². The van der Waals surface area contributed by atoms with E-state index in [4.69, 9.17) is 11.6 Å². The minimum Gasteiger partial charge on any atom is -1.00 e. The summed E-state index contributed by atoms with van der Waals surface area (Å²) in [5.74, 6) is 0.173. The summed E-state index contributed by atoms with van der Waals surface area (Å²) < 4.78 is 29.4. The van der Waals surface area contributed by atoms with Gasteiger partial charge in [0.05, 0.1) is 12.2 Å². The molecule has 1 atom stereocenters. The normalized spacial score (nSPS) is 16.7. The number of piperazine rings is 1. The van der Waals surface area contributed by atoms with Crippen molar-refractivity contribution in [2.24, 2.45) is 0 Å². The standard InChI is InChI=1S/C22H20ClN9O3S2.HI/c1-12-6-17-18(10-24-12)36-21(26-17)22(33)32-5-4-31(11-15(32)9-19-27-29-30-28-19)37(34,35)20-8-13-7-14(23)2-3-16(13)25-20;/h2-3,6-8,10,15,25H,4-5,9,11H2,1H3,(H,27,28,29,30);1H. The molecule has 12 nitrogen and oxygen atoms in total. The lowest BCUT2D eigenvalue weighted by Crippen LogP contribution is -3.00. The predicted octanol–water partition coefficient (Wildman–Crippen LogP) is -1.17. The van der Waals surface area contributed by atoms with Gasteiger partial charge in [-0.3, -0.25) is 9.78 Å². The number of rotatable bonds is 5. The fraction of sp³-hybridized carbons (Fsp3) is 0.273. The first-order valence-electron chi connectivity index (χ1n) is 11.4. The number of halogens is 2. The molecule has 38 heavy (non-hydrogen) atoms. The van der Waals surface area contributed by atoms with Gasteiger partial charge in [-0.2, -0.15) is 14.5 Å². The molecule has 1 amide bonds. The number of fused-ring (bicyclic) bond motifs is 2. The summed E-state index contributed by atoms with van der Waals surface area (Å²) in [7, 11) is -3.87. The quantitative estimate of drug-likeness (QED) is 0.221. The number of tetrazole rings is 1. The Morgan fingerprint density at radius 1 is 1.26 bits per heavy atom. The molecule has 1 aliphatic rings. The Kier molecular flexibility index (Phi) is 7.38. The number of carbonyl (C=O) groups is 1. The molecule has 198 valence electrons. The summed E-state index contributed by atoms with van der Waals surface area (Å²) in [6.45, 7) is 2.30. The SMILES string of the molecule is Cc1cc2[nH+]c(C(=O)N3CCN(S(=O)(=O)c4cc5cc(Cl)ccc5[nH]4)CC3Cc3nn[nH]n3)sc2cn1.[I-]. The van der Waals surface area contributed by atoms with Crippen molar-refractivity contribution < 1.29 is 42.2 Å². The Balaban J connectivity index is 0.00000294. The Morgan fingerprint density at radius 2 is 2.11 bits per heavy atom. The molecule has 0 spiro atoms. The van der Waals surface area contributed by atoms with Crippen LogP contribution in [-0.4, -0.2) is 79.8 Å². The van der Waals surface area contributed by atoms with Crippen LogP contribution in [0.4, 0.5) is 0 Å². The number of aryl methyl sites for hydroxylation is 1. The molecule has 5 aromatic rings. The zero-order chi connectivity index (χ0) is 25.7. The van der Waals surface area contributed by atoms with Crippen LogP contribution >= 0.6 is 22.9 Å². The lowest BCUT2D eigenvalue weighted by molar-refractivity contribution is -0.343. The molecule has 1 aromatic carbocycles. The first-order valence-corrected chi connectivity index (χ1v) is 14.0. The number of pyridine rings is 1. The third-order valence-electron chi connectivity index (χ3n) is 6.35. The molecule has 1 aliphatic heterocycles. The van der Waals surface area contributed by atoms with Crippen molar-refractivity contribution in [3.8, 4) is 0 Å². The number of sulfonamides is 1. The number of H-pyrrole nitrogens is 3. The highest BCUT2D eigenvalue weighted by Crippen LogP contribution is 2.27. The smallest absolute Gasteiger partial charge is 0.330 e. The first-order chi connectivity index (χ1) is 17.8. The zero-order valence-corrected chi connectivity index (χ0v) is 24.4. The molecule has 16 heteroatoms. The monoisotopic (exact) mass is 685 g/mol. The van der Waals surface area contributed by atoms with Crippen LogP contribution in [0.1, 0.15) is 21.3 Å². The molecule has 1 fully saturated rings. The number of nitrogens with one attached hydrogen (secondary N) is 3. The summed E-state index contributed by atoms with van der Waals surface area (Å²) in [5, 5.41) is 15.8. The Bertz CT molecular complexity index is 1740. The fourth-order valence-corrected chi connectivity index (χ4v) is 7.11. The van der Waals surface area contributed by atoms with Crippen LogP contribution in [0.5, 0.6) is 0 Å². The van der Waals surface area contributed by atoms with Crippen molar-refractivity contribution in [1.82, 2.24) is 39.8 Å². The number of nitrogens with zero attached hydrogens (tertiary/aromatic N) is 6. The maximum Gasteiger partial charge on any atom is 0.330 e. The second kappa shape index (κ2) is 10.4. The third-order valence-corrected chi connectivity index (χ3v) is 9.40. The summed E-state index contributed by atoms with van der Waals surface area (Å²) in [4.78, 5) is 25.7. The van der Waals surface area contributed by atoms with Crippen molar-refractivity contribution in [2.45, 2.75) is 24.4 Å². The zero-order valence-electron chi connectivity index (χ0n) is 19.9. The Morgan fingerprint density at radius 3 is 2.89 bits per heavy atom. The number of thiazole rings is 1. The second-order valence-corrected chi connectivity index (χ2v) is 12.2. The average molecular weight is 686 g/mol. The van der Waals surface area contributed by atoms with Gasteiger partial charge in [0.2, 0.25) is 5.52 Å². The molecular weight excluding hydrogens is 665 g/mol. The number of carbonyl (C=O) groups excluding carboxylic acids is 1. The van der Waals surface area contributed by atoms with Crippen LogP contribution in [0.2, 0.25) is 5.02 Å². The van der Waals surface area contributed by atoms with E-state index in [9.17, 15) is 13.2 Å². The summed E-state index contributed by atoms with van der Waals surface area (Å²) in [6, 6.07) is 8.10. The number of hydrogen-bond donors (Lipinski definition) is 2. The van der Waals surface area contributed by atoms with Crippen LogP contribution < -0.4 is 29.0 Å². The van der Waals surface area contributed by atoms with Gasteiger partial charge >= 0.3 is 10.9 Å². The lowest BCUT2D eigenvalue weighted by atomic mass is 10.1. The summed E-state index contributed by atoms with van der Waals surface area (Å²) >= 11 is 7.39. The van der Waals surface area contributed by atoms with Gasteiger partial charge in [-0.15, -0.1) is 10.2 Å². The first kappa shape index (κ1) is 26.9. The van der Waals surface area contributed by atoms with Crippen LogP contribution in [-0.2, 0) is 16.4 Å². The molecule has 3 N–H and O–H groups in total. The van der Waals surface area contributed by atoms with Crippen LogP contribution in [0, 0.1) is 6.92 Å². The number of aromatic nitrogens is 7. The van der Waals surface area contributed by atoms with Crippen LogP contribution in [0.25, 0.3) is 21.1 Å². The summed E-state index contributed by atoms with van der Waals surface area (Å²) in [5.41, 5.74) is 2.34. The van der Waals surface area contributed by atoms with E-state index in [1.54, 1.807) is 35.4 Å². The van der Waals surface area contributed by atoms with Gasteiger partial charge < -0.3 is 33.9 Å². The molecular formula is C22H21ClIN9O3S2. The molecule has 0 saturated carbocycles. The van der Waals surface area contributed by atoms with Crippen molar-refractivity contribution in [1.29, 1.82) is 0 Å². The topological polar surface area (TPSA) is 155 Å². The van der Waals surface area contributed by atoms with E-state index in [1.807, 2.05) is 13.0 Å². The van der Waals surface area contributed by atoms with E-state index < -0.39 is 16.1 Å². The predicted molar refractivity (Wildman–Crippen MR) is 136 cm³/mol. The molecule has 5 heterocycles. The minimum absolute atomic E-state index is 0. The lowest BCUT2D eigenvalue weighted by Gasteiger charge is -2.39. The number of aromatic amines is 3. The molecule has 0 radical (unpaired) electrons. The highest BCUT2D eigenvalue weighted by atomic mass is 127. The number of hydrogen-bond acceptors (Lipinski definition) is 8. The van der Waals surface area contributed by atoms with E-state index in [2.05, 4.69) is 35.6 Å². The van der Waals surface area contributed by atoms with Gasteiger partial charge in [-0.05, 0) is 31.2 Å². The van der Waals surface area contributed by atoms with Gasteiger partial charge in [0.25, 0.3) is 10.0 Å². The van der Waals surface area contributed by atoms with Crippen LogP contribution in [0.15, 0.2) is 41.6 Å². The van der Waals surface area contributed by atoms with E-state index in [0.29, 0.717) is 26.8 Å². The van der Waals surface area contributed by atoms with Crippen molar-refractivity contribution in [2.75, 3.05) is 19.6 Å². The molecule has 6 rings (SSSR count). The highest BCUT2D eigenvalue weighted by molar-refractivity contribution is 7.89. The number of benzene rings is 1. The maximum absolute atomic E-state index is 13.6. The largest absolute Gasteiger partial charge is 1.00 e. The van der Waals surface area contributed by atoms with Gasteiger partial charge in [-0.25, -0.2) is 8.42 Å². The number of amides is 1. The molecule has 1 saturated heterocycles. The van der Waals surface area contributed by atoms with E-state index in [1.165, 1.54) is 15.6 Å². The maximum atomic E-state index is 13.6. The second-order valence-electron chi connectivity index (χ2n) is 8.79. The van der Waals surface area contributed by atoms with Gasteiger partial charge in [0, 0.05) is 53.7 Å². The van der Waals surface area contributed by atoms with Gasteiger partial charge in [-0.1, -0.05) is 28.2 Å². The average Bonchev–Trinajstić information content (AvgIpc) is 3.63.